The molecule has 114 valence electrons. The number of aliphatic imine (C=N–C) groups is 1. The van der Waals surface area contributed by atoms with Crippen LogP contribution in [-0.4, -0.2) is 23.4 Å². The van der Waals surface area contributed by atoms with E-state index in [0.29, 0.717) is 5.41 Å². The van der Waals surface area contributed by atoms with Crippen molar-refractivity contribution in [2.24, 2.45) is 10.4 Å². The zero-order valence-electron chi connectivity index (χ0n) is 12.9. The van der Waals surface area contributed by atoms with Crippen LogP contribution < -0.4 is 10.6 Å². The lowest BCUT2D eigenvalue weighted by molar-refractivity contribution is -0.114. The summed E-state index contributed by atoms with van der Waals surface area (Å²) in [5.41, 5.74) is 2.17. The van der Waals surface area contributed by atoms with Crippen LogP contribution in [0.4, 0.5) is 11.4 Å². The number of carbonyl (C=O) groups excluding carboxylic acids is 1. The van der Waals surface area contributed by atoms with Crippen molar-refractivity contribution in [1.82, 2.24) is 0 Å². The molecule has 2 rings (SSSR count). The summed E-state index contributed by atoms with van der Waals surface area (Å²) in [5.74, 6) is 1.06. The fourth-order valence-electron chi connectivity index (χ4n) is 2.27. The molecule has 1 aromatic carbocycles. The van der Waals surface area contributed by atoms with E-state index >= 15 is 0 Å². The Morgan fingerprint density at radius 2 is 1.86 bits per heavy atom. The molecule has 0 aromatic heterocycles. The van der Waals surface area contributed by atoms with Crippen LogP contribution in [0, 0.1) is 5.41 Å². The number of benzene rings is 1. The molecule has 1 aliphatic rings. The van der Waals surface area contributed by atoms with Crippen LogP contribution >= 0.6 is 11.8 Å². The van der Waals surface area contributed by atoms with E-state index in [9.17, 15) is 4.79 Å². The minimum Gasteiger partial charge on any atom is -0.335 e. The molecule has 0 fully saturated rings. The van der Waals surface area contributed by atoms with Gasteiger partial charge in [-0.05, 0) is 42.5 Å². The van der Waals surface area contributed by atoms with Gasteiger partial charge in [-0.25, -0.2) is 0 Å². The molecular formula is C16H23N3OS. The highest BCUT2D eigenvalue weighted by Gasteiger charge is 2.30. The molecule has 4 nitrogen and oxygen atoms in total. The Morgan fingerprint density at radius 3 is 2.33 bits per heavy atom. The molecule has 0 atom stereocenters. The van der Waals surface area contributed by atoms with Gasteiger partial charge in [0.25, 0.3) is 0 Å². The first-order valence-corrected chi connectivity index (χ1v) is 8.37. The number of amides is 1. The molecule has 0 radical (unpaired) electrons. The second-order valence-electron chi connectivity index (χ2n) is 5.50. The third-order valence-corrected chi connectivity index (χ3v) is 5.29. The lowest BCUT2D eigenvalue weighted by atomic mass is 9.84. The quantitative estimate of drug-likeness (QED) is 0.885. The predicted octanol–water partition coefficient (Wildman–Crippen LogP) is 3.97. The predicted molar refractivity (Wildman–Crippen MR) is 92.1 cm³/mol. The van der Waals surface area contributed by atoms with E-state index in [1.165, 1.54) is 19.8 Å². The number of nitrogens with one attached hydrogen (secondary N) is 2. The van der Waals surface area contributed by atoms with E-state index in [4.69, 9.17) is 0 Å². The summed E-state index contributed by atoms with van der Waals surface area (Å²) in [5, 5.41) is 7.09. The molecule has 0 unspecified atom stereocenters. The molecule has 0 saturated heterocycles. The van der Waals surface area contributed by atoms with Crippen LogP contribution in [0.5, 0.6) is 0 Å². The number of hydrogen-bond donors (Lipinski definition) is 2. The summed E-state index contributed by atoms with van der Waals surface area (Å²) in [6.45, 7) is 6.91. The van der Waals surface area contributed by atoms with Gasteiger partial charge in [-0.1, -0.05) is 25.6 Å². The zero-order valence-corrected chi connectivity index (χ0v) is 13.7. The highest BCUT2D eigenvalue weighted by Crippen LogP contribution is 2.35. The maximum atomic E-state index is 11.0. The zero-order chi connectivity index (χ0) is 15.3. The largest absolute Gasteiger partial charge is 0.335 e. The van der Waals surface area contributed by atoms with E-state index in [0.717, 1.165) is 28.8 Å². The van der Waals surface area contributed by atoms with E-state index in [-0.39, 0.29) is 5.91 Å². The second kappa shape index (κ2) is 6.98. The molecular weight excluding hydrogens is 282 g/mol. The Labute approximate surface area is 130 Å². The van der Waals surface area contributed by atoms with Gasteiger partial charge < -0.3 is 10.6 Å². The number of nitrogens with zero attached hydrogens (tertiary/aromatic N) is 1. The fourth-order valence-corrected chi connectivity index (χ4v) is 3.56. The van der Waals surface area contributed by atoms with Gasteiger partial charge in [0.15, 0.2) is 5.17 Å². The van der Waals surface area contributed by atoms with Gasteiger partial charge in [0.2, 0.25) is 5.91 Å². The molecule has 21 heavy (non-hydrogen) atoms. The average Bonchev–Trinajstić information content (AvgIpc) is 2.50. The van der Waals surface area contributed by atoms with E-state index in [1.807, 2.05) is 24.3 Å². The van der Waals surface area contributed by atoms with Gasteiger partial charge in [0.1, 0.15) is 0 Å². The fraction of sp³-hybridized carbons (Fsp3) is 0.500. The number of amidine groups is 1. The first kappa shape index (κ1) is 15.9. The van der Waals surface area contributed by atoms with Crippen molar-refractivity contribution in [3.8, 4) is 0 Å². The Kier molecular flexibility index (Phi) is 5.28. The summed E-state index contributed by atoms with van der Waals surface area (Å²) in [7, 11) is 0. The Balaban J connectivity index is 1.96. The Bertz CT molecular complexity index is 521. The molecule has 0 saturated carbocycles. The number of anilines is 2. The standard InChI is InChI=1S/C16H23N3OS/c1-4-16(5-2)10-17-15(21-11-16)19-14-8-6-13(7-9-14)18-12(3)20/h6-9H,4-5,10-11H2,1-3H3,(H,17,19)(H,18,20). The van der Waals surface area contributed by atoms with Gasteiger partial charge >= 0.3 is 0 Å². The lowest BCUT2D eigenvalue weighted by Crippen LogP contribution is -2.32. The van der Waals surface area contributed by atoms with Crippen LogP contribution in [0.3, 0.4) is 0 Å². The minimum absolute atomic E-state index is 0.0570. The second-order valence-corrected chi connectivity index (χ2v) is 6.46. The molecule has 1 heterocycles. The van der Waals surface area contributed by atoms with Gasteiger partial charge in [0.05, 0.1) is 0 Å². The summed E-state index contributed by atoms with van der Waals surface area (Å²) in [6, 6.07) is 7.69. The third-order valence-electron chi connectivity index (χ3n) is 4.03. The molecule has 0 aliphatic carbocycles. The smallest absolute Gasteiger partial charge is 0.221 e. The van der Waals surface area contributed by atoms with E-state index in [1.54, 1.807) is 11.8 Å². The first-order chi connectivity index (χ1) is 10.1. The number of carbonyl (C=O) groups is 1. The topological polar surface area (TPSA) is 53.5 Å². The summed E-state index contributed by atoms with van der Waals surface area (Å²) < 4.78 is 0. The van der Waals surface area contributed by atoms with E-state index < -0.39 is 0 Å². The SMILES string of the molecule is CCC1(CC)CN=C(Nc2ccc(NC(C)=O)cc2)SC1. The first-order valence-electron chi connectivity index (χ1n) is 7.39. The molecule has 1 amide bonds. The van der Waals surface area contributed by atoms with Crippen LogP contribution in [-0.2, 0) is 4.79 Å². The normalized spacial score (nSPS) is 17.0. The Morgan fingerprint density at radius 1 is 1.24 bits per heavy atom. The van der Waals surface area contributed by atoms with Gasteiger partial charge in [0, 0.05) is 30.6 Å². The highest BCUT2D eigenvalue weighted by atomic mass is 32.2. The average molecular weight is 305 g/mol. The number of hydrogen-bond acceptors (Lipinski definition) is 4. The van der Waals surface area contributed by atoms with Gasteiger partial charge in [-0.2, -0.15) is 0 Å². The van der Waals surface area contributed by atoms with Crippen molar-refractivity contribution >= 4 is 34.2 Å². The van der Waals surface area contributed by atoms with Gasteiger partial charge in [-0.15, -0.1) is 0 Å². The maximum absolute atomic E-state index is 11.0. The van der Waals surface area contributed by atoms with Crippen molar-refractivity contribution in [1.29, 1.82) is 0 Å². The summed E-state index contributed by atoms with van der Waals surface area (Å²) in [4.78, 5) is 15.7. The minimum atomic E-state index is -0.0570. The number of rotatable bonds is 4. The van der Waals surface area contributed by atoms with Crippen molar-refractivity contribution in [2.45, 2.75) is 33.6 Å². The molecule has 5 heteroatoms. The van der Waals surface area contributed by atoms with Crippen molar-refractivity contribution in [3.05, 3.63) is 24.3 Å². The summed E-state index contributed by atoms with van der Waals surface area (Å²) >= 11 is 1.80. The maximum Gasteiger partial charge on any atom is 0.221 e. The van der Waals surface area contributed by atoms with Gasteiger partial charge in [-0.3, -0.25) is 9.79 Å². The van der Waals surface area contributed by atoms with Crippen LogP contribution in [0.2, 0.25) is 0 Å². The van der Waals surface area contributed by atoms with E-state index in [2.05, 4.69) is 29.5 Å². The molecule has 1 aromatic rings. The number of thioether (sulfide) groups is 1. The summed E-state index contributed by atoms with van der Waals surface area (Å²) in [6.07, 6.45) is 2.36. The van der Waals surface area contributed by atoms with Crippen LogP contribution in [0.1, 0.15) is 33.6 Å². The van der Waals surface area contributed by atoms with Crippen LogP contribution in [0.15, 0.2) is 29.3 Å². The molecule has 2 N–H and O–H groups in total. The monoisotopic (exact) mass is 305 g/mol. The van der Waals surface area contributed by atoms with Crippen molar-refractivity contribution < 1.29 is 4.79 Å². The van der Waals surface area contributed by atoms with Crippen molar-refractivity contribution in [3.63, 3.8) is 0 Å². The van der Waals surface area contributed by atoms with Crippen molar-refractivity contribution in [2.75, 3.05) is 22.9 Å². The molecule has 0 spiro atoms. The molecule has 1 aliphatic heterocycles. The molecule has 0 bridgehead atoms. The Hall–Kier alpha value is -1.49. The highest BCUT2D eigenvalue weighted by molar-refractivity contribution is 8.14. The third kappa shape index (κ3) is 4.24. The lowest BCUT2D eigenvalue weighted by Gasteiger charge is -2.33. The van der Waals surface area contributed by atoms with Crippen LogP contribution in [0.25, 0.3) is 0 Å².